The van der Waals surface area contributed by atoms with Crippen molar-refractivity contribution in [2.24, 2.45) is 0 Å². The molecular weight excluding hydrogens is 220 g/mol. The summed E-state index contributed by atoms with van der Waals surface area (Å²) in [5, 5.41) is 17.7. The molecule has 0 aliphatic heterocycles. The largest absolute Gasteiger partial charge is 0.391 e. The van der Waals surface area contributed by atoms with Gasteiger partial charge in [-0.25, -0.2) is 0 Å². The van der Waals surface area contributed by atoms with Gasteiger partial charge < -0.3 is 19.7 Å². The number of hydrogen-bond donors (Lipinski definition) is 2. The van der Waals surface area contributed by atoms with E-state index >= 15 is 0 Å². The van der Waals surface area contributed by atoms with Crippen LogP contribution in [0.4, 0.5) is 0 Å². The monoisotopic (exact) mass is 250 g/mol. The van der Waals surface area contributed by atoms with Gasteiger partial charge in [-0.15, -0.1) is 0 Å². The van der Waals surface area contributed by atoms with Crippen LogP contribution >= 0.6 is 0 Å². The third-order valence-electron chi connectivity index (χ3n) is 1.76. The van der Waals surface area contributed by atoms with Gasteiger partial charge in [0.1, 0.15) is 0 Å². The molecule has 0 aromatic rings. The van der Waals surface area contributed by atoms with Crippen molar-refractivity contribution < 1.29 is 19.7 Å². The molecule has 0 spiro atoms. The molecule has 0 saturated carbocycles. The Kier molecular flexibility index (Phi) is 13.9. The highest BCUT2D eigenvalue weighted by Crippen LogP contribution is 1.94. The van der Waals surface area contributed by atoms with Crippen molar-refractivity contribution in [3.63, 3.8) is 0 Å². The van der Waals surface area contributed by atoms with E-state index in [1.807, 2.05) is 34.6 Å². The molecule has 4 heteroatoms. The second-order valence-corrected chi connectivity index (χ2v) is 4.68. The number of ether oxygens (including phenoxy) is 2. The number of hydrogen-bond acceptors (Lipinski definition) is 4. The highest BCUT2D eigenvalue weighted by atomic mass is 16.5. The quantitative estimate of drug-likeness (QED) is 0.725. The van der Waals surface area contributed by atoms with Crippen LogP contribution in [0.5, 0.6) is 0 Å². The summed E-state index contributed by atoms with van der Waals surface area (Å²) in [6.45, 7) is 12.4. The van der Waals surface area contributed by atoms with Crippen LogP contribution in [-0.2, 0) is 9.47 Å². The van der Waals surface area contributed by atoms with Crippen LogP contribution in [0, 0.1) is 0 Å². The van der Waals surface area contributed by atoms with Crippen LogP contribution < -0.4 is 0 Å². The SMILES string of the molecule is CC(O)COC(C)C.CCC(O)COC(C)C. The van der Waals surface area contributed by atoms with Crippen LogP contribution in [0.3, 0.4) is 0 Å². The van der Waals surface area contributed by atoms with Gasteiger partial charge >= 0.3 is 0 Å². The Labute approximate surface area is 106 Å². The van der Waals surface area contributed by atoms with E-state index in [-0.39, 0.29) is 24.4 Å². The third kappa shape index (κ3) is 21.6. The summed E-state index contributed by atoms with van der Waals surface area (Å²) in [6.07, 6.45) is 0.604. The van der Waals surface area contributed by atoms with Crippen molar-refractivity contribution in [2.75, 3.05) is 13.2 Å². The molecule has 0 radical (unpaired) electrons. The van der Waals surface area contributed by atoms with Crippen LogP contribution in [0.15, 0.2) is 0 Å². The molecule has 0 amide bonds. The maximum Gasteiger partial charge on any atom is 0.0771 e. The van der Waals surface area contributed by atoms with Crippen molar-refractivity contribution in [3.05, 3.63) is 0 Å². The second kappa shape index (κ2) is 12.3. The third-order valence-corrected chi connectivity index (χ3v) is 1.76. The van der Waals surface area contributed by atoms with Gasteiger partial charge in [-0.3, -0.25) is 0 Å². The van der Waals surface area contributed by atoms with Gasteiger partial charge in [0.25, 0.3) is 0 Å². The molecule has 2 atom stereocenters. The van der Waals surface area contributed by atoms with E-state index in [9.17, 15) is 0 Å². The van der Waals surface area contributed by atoms with E-state index in [4.69, 9.17) is 19.7 Å². The summed E-state index contributed by atoms with van der Waals surface area (Å²) < 4.78 is 10.2. The molecule has 0 aliphatic carbocycles. The molecule has 0 saturated heterocycles. The zero-order valence-electron chi connectivity index (χ0n) is 12.1. The first-order valence-electron chi connectivity index (χ1n) is 6.38. The molecule has 0 aliphatic rings. The van der Waals surface area contributed by atoms with Crippen molar-refractivity contribution in [1.82, 2.24) is 0 Å². The van der Waals surface area contributed by atoms with E-state index < -0.39 is 0 Å². The average Bonchev–Trinajstić information content (AvgIpc) is 2.23. The summed E-state index contributed by atoms with van der Waals surface area (Å²) in [7, 11) is 0. The fourth-order valence-corrected chi connectivity index (χ4v) is 0.753. The second-order valence-electron chi connectivity index (χ2n) is 4.68. The number of rotatable bonds is 7. The van der Waals surface area contributed by atoms with E-state index in [0.717, 1.165) is 6.42 Å². The molecule has 0 aromatic carbocycles. The first kappa shape index (κ1) is 19.2. The van der Waals surface area contributed by atoms with E-state index in [2.05, 4.69) is 0 Å². The highest BCUT2D eigenvalue weighted by Gasteiger charge is 2.00. The van der Waals surface area contributed by atoms with Gasteiger partial charge in [0, 0.05) is 0 Å². The van der Waals surface area contributed by atoms with Crippen molar-refractivity contribution in [1.29, 1.82) is 0 Å². The van der Waals surface area contributed by atoms with Gasteiger partial charge in [-0.1, -0.05) is 6.92 Å². The summed E-state index contributed by atoms with van der Waals surface area (Å²) in [5.41, 5.74) is 0. The Hall–Kier alpha value is -0.160. The lowest BCUT2D eigenvalue weighted by Gasteiger charge is -2.10. The maximum atomic E-state index is 8.98. The molecule has 4 nitrogen and oxygen atoms in total. The van der Waals surface area contributed by atoms with E-state index in [1.165, 1.54) is 0 Å². The van der Waals surface area contributed by atoms with Gasteiger partial charge in [-0.2, -0.15) is 0 Å². The molecule has 0 heterocycles. The fourth-order valence-electron chi connectivity index (χ4n) is 0.753. The Balaban J connectivity index is 0. The Bertz CT molecular complexity index is 138. The standard InChI is InChI=1S/C7H16O2.C6H14O2/c1-4-7(8)5-9-6(2)3;1-5(2)8-4-6(3)7/h6-8H,4-5H2,1-3H3;5-7H,4H2,1-3H3. The molecule has 2 unspecified atom stereocenters. The van der Waals surface area contributed by atoms with Gasteiger partial charge in [0.05, 0.1) is 37.6 Å². The first-order chi connectivity index (χ1) is 7.79. The van der Waals surface area contributed by atoms with Crippen LogP contribution in [0.25, 0.3) is 0 Å². The summed E-state index contributed by atoms with van der Waals surface area (Å²) in [5.74, 6) is 0. The Morgan fingerprint density at radius 2 is 1.24 bits per heavy atom. The average molecular weight is 250 g/mol. The molecular formula is C13H30O4. The van der Waals surface area contributed by atoms with E-state index in [0.29, 0.717) is 13.2 Å². The zero-order valence-corrected chi connectivity index (χ0v) is 12.1. The minimum Gasteiger partial charge on any atom is -0.391 e. The first-order valence-corrected chi connectivity index (χ1v) is 6.38. The maximum absolute atomic E-state index is 8.98. The van der Waals surface area contributed by atoms with Crippen molar-refractivity contribution in [2.45, 2.75) is 72.4 Å². The summed E-state index contributed by atoms with van der Waals surface area (Å²) >= 11 is 0. The number of aliphatic hydroxyl groups excluding tert-OH is 2. The fraction of sp³-hybridized carbons (Fsp3) is 1.00. The smallest absolute Gasteiger partial charge is 0.0771 e. The minimum atomic E-state index is -0.336. The van der Waals surface area contributed by atoms with E-state index in [1.54, 1.807) is 6.92 Å². The molecule has 0 bridgehead atoms. The summed E-state index contributed by atoms with van der Waals surface area (Å²) in [4.78, 5) is 0. The lowest BCUT2D eigenvalue weighted by Crippen LogP contribution is -2.16. The highest BCUT2D eigenvalue weighted by molar-refractivity contribution is 4.49. The van der Waals surface area contributed by atoms with Crippen molar-refractivity contribution in [3.8, 4) is 0 Å². The van der Waals surface area contributed by atoms with Crippen LogP contribution in [0.2, 0.25) is 0 Å². The lowest BCUT2D eigenvalue weighted by atomic mass is 10.3. The number of aliphatic hydroxyl groups is 2. The van der Waals surface area contributed by atoms with Crippen molar-refractivity contribution >= 4 is 0 Å². The molecule has 0 rings (SSSR count). The molecule has 0 aromatic heterocycles. The normalized spacial score (nSPS) is 14.5. The predicted octanol–water partition coefficient (Wildman–Crippen LogP) is 1.97. The Morgan fingerprint density at radius 1 is 0.824 bits per heavy atom. The molecule has 106 valence electrons. The minimum absolute atomic E-state index is 0.226. The molecule has 17 heavy (non-hydrogen) atoms. The van der Waals surface area contributed by atoms with Crippen LogP contribution in [0.1, 0.15) is 48.0 Å². The Morgan fingerprint density at radius 3 is 1.47 bits per heavy atom. The topological polar surface area (TPSA) is 58.9 Å². The predicted molar refractivity (Wildman–Crippen MR) is 70.2 cm³/mol. The zero-order chi connectivity index (χ0) is 13.8. The van der Waals surface area contributed by atoms with Gasteiger partial charge in [-0.05, 0) is 41.0 Å². The summed E-state index contributed by atoms with van der Waals surface area (Å²) in [6, 6.07) is 0. The van der Waals surface area contributed by atoms with Gasteiger partial charge in [0.15, 0.2) is 0 Å². The molecule has 0 fully saturated rings. The van der Waals surface area contributed by atoms with Crippen LogP contribution in [-0.4, -0.2) is 47.8 Å². The van der Waals surface area contributed by atoms with Gasteiger partial charge in [0.2, 0.25) is 0 Å². The molecule has 2 N–H and O–H groups in total. The lowest BCUT2D eigenvalue weighted by molar-refractivity contribution is 0.00464.